The van der Waals surface area contributed by atoms with Gasteiger partial charge in [0.1, 0.15) is 6.10 Å². The van der Waals surface area contributed by atoms with Crippen LogP contribution in [-0.2, 0) is 11.3 Å². The molecule has 0 heterocycles. The molecule has 5 heteroatoms. The monoisotopic (exact) mass is 346 g/mol. The zero-order valence-corrected chi connectivity index (χ0v) is 14.4. The molecular formula is C19H22O4S. The number of benzene rings is 2. The third-order valence-electron chi connectivity index (χ3n) is 3.62. The summed E-state index contributed by atoms with van der Waals surface area (Å²) in [6.45, 7) is 1.72. The Morgan fingerprint density at radius 2 is 1.67 bits per heavy atom. The topological polar surface area (TPSA) is 66.8 Å². The Morgan fingerprint density at radius 3 is 2.25 bits per heavy atom. The van der Waals surface area contributed by atoms with Crippen LogP contribution in [0.5, 0.6) is 0 Å². The maximum atomic E-state index is 12.3. The predicted octanol–water partition coefficient (Wildman–Crippen LogP) is 2.89. The molecule has 0 aromatic heterocycles. The molecule has 24 heavy (non-hydrogen) atoms. The van der Waals surface area contributed by atoms with E-state index in [1.165, 1.54) is 0 Å². The fraction of sp³-hybridized carbons (Fsp3) is 0.316. The van der Waals surface area contributed by atoms with Gasteiger partial charge in [-0.1, -0.05) is 79.3 Å². The summed E-state index contributed by atoms with van der Waals surface area (Å²) in [7, 11) is 0. The van der Waals surface area contributed by atoms with Crippen molar-refractivity contribution < 1.29 is 19.7 Å². The van der Waals surface area contributed by atoms with E-state index in [9.17, 15) is 15.0 Å². The normalized spacial score (nSPS) is 14.8. The van der Waals surface area contributed by atoms with Crippen molar-refractivity contribution in [2.24, 2.45) is 0 Å². The van der Waals surface area contributed by atoms with E-state index < -0.39 is 18.8 Å². The van der Waals surface area contributed by atoms with Crippen molar-refractivity contribution in [1.82, 2.24) is 0 Å². The Morgan fingerprint density at radius 1 is 1.08 bits per heavy atom. The average Bonchev–Trinajstić information content (AvgIpc) is 2.63. The second-order valence-corrected chi connectivity index (χ2v) is 6.84. The minimum absolute atomic E-state index is 0.0819. The molecule has 0 saturated heterocycles. The quantitative estimate of drug-likeness (QED) is 0.769. The van der Waals surface area contributed by atoms with Crippen LogP contribution in [-0.4, -0.2) is 39.4 Å². The van der Waals surface area contributed by atoms with Crippen molar-refractivity contribution in [2.75, 3.05) is 6.61 Å². The average molecular weight is 346 g/mol. The van der Waals surface area contributed by atoms with Crippen molar-refractivity contribution in [1.29, 1.82) is 0 Å². The van der Waals surface area contributed by atoms with E-state index in [0.717, 1.165) is 17.3 Å². The number of aliphatic hydroxyl groups is 2. The Kier molecular flexibility index (Phi) is 7.46. The molecule has 0 aliphatic carbocycles. The van der Waals surface area contributed by atoms with Gasteiger partial charge in [-0.05, 0) is 5.56 Å². The van der Waals surface area contributed by atoms with Gasteiger partial charge in [-0.3, -0.25) is 4.79 Å². The highest BCUT2D eigenvalue weighted by Gasteiger charge is 2.28. The first-order chi connectivity index (χ1) is 11.6. The van der Waals surface area contributed by atoms with Gasteiger partial charge in [-0.25, -0.2) is 0 Å². The molecule has 0 spiro atoms. The molecule has 0 bridgehead atoms. The van der Waals surface area contributed by atoms with E-state index in [1.54, 1.807) is 12.1 Å². The summed E-state index contributed by atoms with van der Waals surface area (Å²) in [5, 5.41) is 18.9. The minimum atomic E-state index is -1.04. The van der Waals surface area contributed by atoms with E-state index in [1.807, 2.05) is 55.5 Å². The molecule has 3 atom stereocenters. The Labute approximate surface area is 146 Å². The first-order valence-electron chi connectivity index (χ1n) is 7.82. The number of ether oxygens (including phenoxy) is 1. The third kappa shape index (κ3) is 5.46. The molecule has 128 valence electrons. The van der Waals surface area contributed by atoms with Crippen LogP contribution < -0.4 is 0 Å². The number of hydrogen-bond acceptors (Lipinski definition) is 5. The van der Waals surface area contributed by atoms with Crippen LogP contribution in [0.4, 0.5) is 0 Å². The van der Waals surface area contributed by atoms with Crippen LogP contribution in [0.25, 0.3) is 0 Å². The molecule has 0 unspecified atom stereocenters. The van der Waals surface area contributed by atoms with E-state index in [2.05, 4.69) is 0 Å². The summed E-state index contributed by atoms with van der Waals surface area (Å²) in [6, 6.07) is 18.6. The molecule has 0 fully saturated rings. The lowest BCUT2D eigenvalue weighted by molar-refractivity contribution is -0.0631. The molecule has 2 aromatic rings. The van der Waals surface area contributed by atoms with Crippen LogP contribution in [0.2, 0.25) is 0 Å². The summed E-state index contributed by atoms with van der Waals surface area (Å²) in [5.41, 5.74) is 1.58. The van der Waals surface area contributed by atoms with Crippen LogP contribution >= 0.6 is 11.8 Å². The lowest BCUT2D eigenvalue weighted by Gasteiger charge is -2.27. The van der Waals surface area contributed by atoms with E-state index in [0.29, 0.717) is 12.2 Å². The van der Waals surface area contributed by atoms with Gasteiger partial charge in [0.2, 0.25) is 5.12 Å². The van der Waals surface area contributed by atoms with Crippen molar-refractivity contribution in [3.8, 4) is 0 Å². The molecule has 2 N–H and O–H groups in total. The SMILES string of the molecule is C[C@H](SC(=O)c1ccccc1)[C@@H](OCc1ccccc1)[C@@H](O)CO. The van der Waals surface area contributed by atoms with Crippen molar-refractivity contribution in [2.45, 2.75) is 31.0 Å². The number of rotatable bonds is 8. The Balaban J connectivity index is 1.99. The molecule has 0 radical (unpaired) electrons. The lowest BCUT2D eigenvalue weighted by Crippen LogP contribution is -2.39. The number of thioether (sulfide) groups is 1. The van der Waals surface area contributed by atoms with Gasteiger partial charge in [0.05, 0.1) is 19.3 Å². The van der Waals surface area contributed by atoms with Gasteiger partial charge < -0.3 is 14.9 Å². The Hall–Kier alpha value is -1.66. The van der Waals surface area contributed by atoms with Crippen molar-refractivity contribution in [3.63, 3.8) is 0 Å². The smallest absolute Gasteiger partial charge is 0.219 e. The molecule has 0 amide bonds. The van der Waals surface area contributed by atoms with Gasteiger partial charge in [-0.15, -0.1) is 0 Å². The van der Waals surface area contributed by atoms with E-state index in [-0.39, 0.29) is 10.4 Å². The van der Waals surface area contributed by atoms with Crippen LogP contribution in [0.3, 0.4) is 0 Å². The fourth-order valence-corrected chi connectivity index (χ4v) is 3.31. The van der Waals surface area contributed by atoms with Crippen LogP contribution in [0.1, 0.15) is 22.8 Å². The first kappa shape index (κ1) is 18.7. The standard InChI is InChI=1S/C19H22O4S/c1-14(24-19(22)16-10-6-3-7-11-16)18(17(21)12-20)23-13-15-8-4-2-5-9-15/h2-11,14,17-18,20-21H,12-13H2,1H3/t14-,17-,18+/m0/s1. The maximum Gasteiger partial charge on any atom is 0.219 e. The van der Waals surface area contributed by atoms with Gasteiger partial charge in [0, 0.05) is 10.8 Å². The van der Waals surface area contributed by atoms with Gasteiger partial charge in [0.15, 0.2) is 0 Å². The molecule has 0 saturated carbocycles. The van der Waals surface area contributed by atoms with Gasteiger partial charge in [0.25, 0.3) is 0 Å². The summed E-state index contributed by atoms with van der Waals surface area (Å²) in [6.07, 6.45) is -1.69. The maximum absolute atomic E-state index is 12.3. The second kappa shape index (κ2) is 9.59. The molecule has 4 nitrogen and oxygen atoms in total. The molecule has 2 rings (SSSR count). The van der Waals surface area contributed by atoms with Crippen LogP contribution in [0, 0.1) is 0 Å². The summed E-state index contributed by atoms with van der Waals surface area (Å²) >= 11 is 1.10. The number of carbonyl (C=O) groups is 1. The number of carbonyl (C=O) groups excluding carboxylic acids is 1. The van der Waals surface area contributed by atoms with Gasteiger partial charge in [-0.2, -0.15) is 0 Å². The third-order valence-corrected chi connectivity index (χ3v) is 4.71. The van der Waals surface area contributed by atoms with Crippen molar-refractivity contribution in [3.05, 3.63) is 71.8 Å². The zero-order valence-electron chi connectivity index (χ0n) is 13.5. The van der Waals surface area contributed by atoms with Crippen LogP contribution in [0.15, 0.2) is 60.7 Å². The highest BCUT2D eigenvalue weighted by molar-refractivity contribution is 8.14. The number of hydrogen-bond donors (Lipinski definition) is 2. The molecule has 0 aliphatic rings. The zero-order chi connectivity index (χ0) is 17.4. The molecule has 0 aliphatic heterocycles. The highest BCUT2D eigenvalue weighted by Crippen LogP contribution is 2.24. The highest BCUT2D eigenvalue weighted by atomic mass is 32.2. The van der Waals surface area contributed by atoms with Gasteiger partial charge >= 0.3 is 0 Å². The summed E-state index contributed by atoms with van der Waals surface area (Å²) in [5.74, 6) is 0. The first-order valence-corrected chi connectivity index (χ1v) is 8.70. The lowest BCUT2D eigenvalue weighted by atomic mass is 10.1. The fourth-order valence-electron chi connectivity index (χ4n) is 2.31. The summed E-state index contributed by atoms with van der Waals surface area (Å²) < 4.78 is 5.80. The second-order valence-electron chi connectivity index (χ2n) is 5.49. The molecular weight excluding hydrogens is 324 g/mol. The predicted molar refractivity (Wildman–Crippen MR) is 95.9 cm³/mol. The molecule has 2 aromatic carbocycles. The minimum Gasteiger partial charge on any atom is -0.394 e. The van der Waals surface area contributed by atoms with E-state index >= 15 is 0 Å². The summed E-state index contributed by atoms with van der Waals surface area (Å²) in [4.78, 5) is 12.3. The van der Waals surface area contributed by atoms with E-state index in [4.69, 9.17) is 4.74 Å². The largest absolute Gasteiger partial charge is 0.394 e. The number of aliphatic hydroxyl groups excluding tert-OH is 2. The van der Waals surface area contributed by atoms with Crippen molar-refractivity contribution >= 4 is 16.9 Å². The Bertz CT molecular complexity index is 618.